The normalized spacial score (nSPS) is 17.8. The van der Waals surface area contributed by atoms with Crippen molar-refractivity contribution in [1.29, 1.82) is 0 Å². The molecule has 1 unspecified atom stereocenters. The highest BCUT2D eigenvalue weighted by Crippen LogP contribution is 2.06. The fraction of sp³-hybridized carbons (Fsp3) is 0.444. The lowest BCUT2D eigenvalue weighted by Crippen LogP contribution is -2.51. The lowest BCUT2D eigenvalue weighted by Gasteiger charge is -2.29. The van der Waals surface area contributed by atoms with Crippen molar-refractivity contribution >= 4 is 37.8 Å². The molecule has 1 aliphatic rings. The molecule has 0 aliphatic carbocycles. The van der Waals surface area contributed by atoms with Gasteiger partial charge in [-0.1, -0.05) is 30.3 Å². The fourth-order valence-electron chi connectivity index (χ4n) is 2.67. The third-order valence-corrected chi connectivity index (χ3v) is 7.01. The Balaban J connectivity index is 1.74. The molecule has 11 heteroatoms. The fourth-order valence-corrected chi connectivity index (χ4v) is 4.69. The molecule has 2 N–H and O–H groups in total. The van der Waals surface area contributed by atoms with E-state index >= 15 is 0 Å². The number of rotatable bonds is 8. The first-order valence-electron chi connectivity index (χ1n) is 9.09. The minimum Gasteiger partial charge on any atom is -0.345 e. The number of benzene rings is 1. The third kappa shape index (κ3) is 7.95. The molecule has 0 spiro atoms. The van der Waals surface area contributed by atoms with Gasteiger partial charge in [-0.2, -0.15) is 0 Å². The first-order chi connectivity index (χ1) is 13.6. The van der Waals surface area contributed by atoms with Gasteiger partial charge in [0.25, 0.3) is 0 Å². The molecule has 0 bridgehead atoms. The number of nitrogens with zero attached hydrogens (tertiary/aromatic N) is 1. The van der Waals surface area contributed by atoms with E-state index in [4.69, 9.17) is 0 Å². The van der Waals surface area contributed by atoms with Crippen LogP contribution in [0.2, 0.25) is 0 Å². The van der Waals surface area contributed by atoms with Gasteiger partial charge < -0.3 is 10.2 Å². The molecular formula is C18H25N3O6S2. The second-order valence-electron chi connectivity index (χ2n) is 6.67. The van der Waals surface area contributed by atoms with Crippen LogP contribution < -0.4 is 10.0 Å². The Morgan fingerprint density at radius 3 is 2.41 bits per heavy atom. The van der Waals surface area contributed by atoms with Crippen molar-refractivity contribution in [2.24, 2.45) is 0 Å². The Morgan fingerprint density at radius 2 is 1.79 bits per heavy atom. The molecule has 1 saturated heterocycles. The second kappa shape index (κ2) is 9.99. The number of amides is 2. The van der Waals surface area contributed by atoms with E-state index in [9.17, 15) is 26.4 Å². The molecule has 1 aliphatic heterocycles. The molecule has 1 atom stereocenters. The van der Waals surface area contributed by atoms with E-state index in [0.29, 0.717) is 0 Å². The summed E-state index contributed by atoms with van der Waals surface area (Å²) in [5.74, 6) is -1.01. The van der Waals surface area contributed by atoms with Crippen LogP contribution in [0.25, 0.3) is 6.08 Å². The predicted octanol–water partition coefficient (Wildman–Crippen LogP) is -0.271. The van der Waals surface area contributed by atoms with Gasteiger partial charge in [-0.3, -0.25) is 9.59 Å². The lowest BCUT2D eigenvalue weighted by atomic mass is 10.2. The maximum Gasteiger partial charge on any atom is 0.244 e. The van der Waals surface area contributed by atoms with E-state index in [1.165, 1.54) is 17.9 Å². The third-order valence-electron chi connectivity index (χ3n) is 4.30. The maximum absolute atomic E-state index is 12.3. The average Bonchev–Trinajstić information content (AvgIpc) is 2.66. The van der Waals surface area contributed by atoms with Crippen molar-refractivity contribution in [2.75, 3.05) is 31.1 Å². The molecule has 29 heavy (non-hydrogen) atoms. The lowest BCUT2D eigenvalue weighted by molar-refractivity contribution is -0.135. The molecule has 1 aromatic carbocycles. The number of sulfonamides is 1. The van der Waals surface area contributed by atoms with Crippen LogP contribution in [0.1, 0.15) is 18.9 Å². The smallest absolute Gasteiger partial charge is 0.244 e. The number of carbonyl (C=O) groups excluding carboxylic acids is 2. The van der Waals surface area contributed by atoms with Gasteiger partial charge in [-0.15, -0.1) is 0 Å². The first kappa shape index (κ1) is 23.0. The maximum atomic E-state index is 12.3. The van der Waals surface area contributed by atoms with E-state index in [2.05, 4.69) is 10.0 Å². The van der Waals surface area contributed by atoms with E-state index in [0.717, 1.165) is 11.0 Å². The zero-order chi connectivity index (χ0) is 21.5. The monoisotopic (exact) mass is 443 g/mol. The summed E-state index contributed by atoms with van der Waals surface area (Å²) < 4.78 is 49.0. The standard InChI is InChI=1S/C18H25N3O6S2/c1-15(18(23)21-10-13-28(24,25)14-11-21)20-17(22)7-9-19-29(26,27)12-8-16-5-3-2-4-6-16/h2-6,8,12,15,19H,7,9-11,13-14H2,1H3,(H,20,22)/b12-8+. The number of sulfone groups is 1. The molecule has 0 radical (unpaired) electrons. The van der Waals surface area contributed by atoms with Crippen molar-refractivity contribution in [1.82, 2.24) is 14.9 Å². The molecule has 9 nitrogen and oxygen atoms in total. The highest BCUT2D eigenvalue weighted by Gasteiger charge is 2.28. The Hall–Kier alpha value is -2.24. The van der Waals surface area contributed by atoms with Crippen molar-refractivity contribution in [3.63, 3.8) is 0 Å². The Bertz CT molecular complexity index is 945. The van der Waals surface area contributed by atoms with Gasteiger partial charge in [0.1, 0.15) is 6.04 Å². The molecule has 2 rings (SSSR count). The van der Waals surface area contributed by atoms with Crippen LogP contribution in [0.3, 0.4) is 0 Å². The predicted molar refractivity (Wildman–Crippen MR) is 110 cm³/mol. The summed E-state index contributed by atoms with van der Waals surface area (Å²) in [5, 5.41) is 3.53. The van der Waals surface area contributed by atoms with Crippen LogP contribution in [0.5, 0.6) is 0 Å². The summed E-state index contributed by atoms with van der Waals surface area (Å²) in [6, 6.07) is 8.09. The van der Waals surface area contributed by atoms with Gasteiger partial charge >= 0.3 is 0 Å². The van der Waals surface area contributed by atoms with Crippen LogP contribution in [-0.2, 0) is 29.4 Å². The van der Waals surface area contributed by atoms with Crippen molar-refractivity contribution in [3.05, 3.63) is 41.3 Å². The quantitative estimate of drug-likeness (QED) is 0.569. The van der Waals surface area contributed by atoms with E-state index in [-0.39, 0.29) is 43.5 Å². The first-order valence-corrected chi connectivity index (χ1v) is 12.5. The summed E-state index contributed by atoms with van der Waals surface area (Å²) in [6.45, 7) is 1.61. The van der Waals surface area contributed by atoms with Crippen LogP contribution in [0.15, 0.2) is 35.7 Å². The van der Waals surface area contributed by atoms with Crippen molar-refractivity contribution in [2.45, 2.75) is 19.4 Å². The highest BCUT2D eigenvalue weighted by molar-refractivity contribution is 7.92. The summed E-state index contributed by atoms with van der Waals surface area (Å²) in [5.41, 5.74) is 0.730. The van der Waals surface area contributed by atoms with Gasteiger partial charge in [0.05, 0.1) is 11.5 Å². The molecule has 2 amide bonds. The van der Waals surface area contributed by atoms with Gasteiger partial charge in [0.15, 0.2) is 9.84 Å². The minimum absolute atomic E-state index is 0.0856. The van der Waals surface area contributed by atoms with Gasteiger partial charge in [-0.25, -0.2) is 21.6 Å². The molecule has 0 aromatic heterocycles. The van der Waals surface area contributed by atoms with Crippen molar-refractivity contribution < 1.29 is 26.4 Å². The minimum atomic E-state index is -3.69. The molecule has 1 fully saturated rings. The molecular weight excluding hydrogens is 418 g/mol. The summed E-state index contributed by atoms with van der Waals surface area (Å²) >= 11 is 0. The number of hydrogen-bond acceptors (Lipinski definition) is 6. The SMILES string of the molecule is CC(NC(=O)CCNS(=O)(=O)/C=C/c1ccccc1)C(=O)N1CCS(=O)(=O)CC1. The summed E-state index contributed by atoms with van der Waals surface area (Å²) in [6.07, 6.45) is 1.31. The second-order valence-corrected chi connectivity index (χ2v) is 10.6. The van der Waals surface area contributed by atoms with E-state index in [1.807, 2.05) is 6.07 Å². The topological polar surface area (TPSA) is 130 Å². The van der Waals surface area contributed by atoms with E-state index in [1.54, 1.807) is 24.3 Å². The molecule has 0 saturated carbocycles. The Kier molecular flexibility index (Phi) is 7.94. The van der Waals surface area contributed by atoms with Crippen LogP contribution in [0.4, 0.5) is 0 Å². The van der Waals surface area contributed by atoms with Crippen LogP contribution in [0, 0.1) is 0 Å². The Labute approximate surface area is 171 Å². The van der Waals surface area contributed by atoms with Gasteiger partial charge in [0, 0.05) is 31.5 Å². The average molecular weight is 444 g/mol. The summed E-state index contributed by atoms with van der Waals surface area (Å²) in [4.78, 5) is 25.7. The van der Waals surface area contributed by atoms with Crippen molar-refractivity contribution in [3.8, 4) is 0 Å². The zero-order valence-electron chi connectivity index (χ0n) is 16.1. The number of hydrogen-bond donors (Lipinski definition) is 2. The molecule has 1 heterocycles. The van der Waals surface area contributed by atoms with Crippen LogP contribution in [-0.4, -0.2) is 70.7 Å². The number of carbonyl (C=O) groups is 2. The molecule has 1 aromatic rings. The van der Waals surface area contributed by atoms with E-state index < -0.39 is 31.8 Å². The van der Waals surface area contributed by atoms with Crippen LogP contribution >= 0.6 is 0 Å². The van der Waals surface area contributed by atoms with Gasteiger partial charge in [-0.05, 0) is 18.6 Å². The largest absolute Gasteiger partial charge is 0.345 e. The van der Waals surface area contributed by atoms with Gasteiger partial charge in [0.2, 0.25) is 21.8 Å². The highest BCUT2D eigenvalue weighted by atomic mass is 32.2. The summed E-state index contributed by atoms with van der Waals surface area (Å²) in [7, 11) is -6.79. The zero-order valence-corrected chi connectivity index (χ0v) is 17.7. The Morgan fingerprint density at radius 1 is 1.17 bits per heavy atom. The number of nitrogens with one attached hydrogen (secondary N) is 2. The molecule has 160 valence electrons.